The summed E-state index contributed by atoms with van der Waals surface area (Å²) in [6, 6.07) is 0.897. The van der Waals surface area contributed by atoms with E-state index in [1.807, 2.05) is 0 Å². The molecule has 1 heterocycles. The Labute approximate surface area is 145 Å². The van der Waals surface area contributed by atoms with Crippen molar-refractivity contribution in [1.29, 1.82) is 0 Å². The molecule has 0 saturated heterocycles. The van der Waals surface area contributed by atoms with Crippen LogP contribution in [0.15, 0.2) is 18.5 Å². The van der Waals surface area contributed by atoms with Crippen molar-refractivity contribution < 1.29 is 23.1 Å². The molecular weight excluding hydrogens is 335 g/mol. The second-order valence-corrected chi connectivity index (χ2v) is 7.62. The summed E-state index contributed by atoms with van der Waals surface area (Å²) in [7, 11) is 0. The van der Waals surface area contributed by atoms with E-state index in [0.717, 1.165) is 4.90 Å². The third kappa shape index (κ3) is 4.35. The van der Waals surface area contributed by atoms with E-state index >= 15 is 0 Å². The van der Waals surface area contributed by atoms with Gasteiger partial charge in [0.15, 0.2) is 0 Å². The van der Waals surface area contributed by atoms with Crippen molar-refractivity contribution >= 4 is 11.8 Å². The molecule has 1 aliphatic carbocycles. The quantitative estimate of drug-likeness (QED) is 0.827. The molecule has 0 bridgehead atoms. The van der Waals surface area contributed by atoms with E-state index in [1.165, 1.54) is 12.4 Å². The number of alkyl halides is 3. The highest BCUT2D eigenvalue weighted by Gasteiger charge is 2.48. The van der Waals surface area contributed by atoms with Gasteiger partial charge in [-0.2, -0.15) is 13.2 Å². The fourth-order valence-electron chi connectivity index (χ4n) is 3.80. The summed E-state index contributed by atoms with van der Waals surface area (Å²) in [6.07, 6.45) is -2.68. The third-order valence-corrected chi connectivity index (χ3v) is 4.77. The molecule has 5 nitrogen and oxygen atoms in total. The molecule has 1 aliphatic rings. The maximum absolute atomic E-state index is 13.5. The molecule has 3 atom stereocenters. The molecular formula is C17H24F3N3O2. The van der Waals surface area contributed by atoms with Gasteiger partial charge in [-0.05, 0) is 57.6 Å². The highest BCUT2D eigenvalue weighted by atomic mass is 19.4. The lowest BCUT2D eigenvalue weighted by molar-refractivity contribution is -0.189. The monoisotopic (exact) mass is 359 g/mol. The minimum absolute atomic E-state index is 0.0915. The molecule has 3 N–H and O–H groups in total. The van der Waals surface area contributed by atoms with Gasteiger partial charge in [-0.25, -0.2) is 4.79 Å². The number of aromatic nitrogens is 1. The molecule has 0 aliphatic heterocycles. The molecule has 0 radical (unpaired) electrons. The first-order valence-electron chi connectivity index (χ1n) is 8.19. The Morgan fingerprint density at radius 2 is 1.92 bits per heavy atom. The van der Waals surface area contributed by atoms with Gasteiger partial charge in [-0.15, -0.1) is 0 Å². The van der Waals surface area contributed by atoms with Crippen LogP contribution in [0.2, 0.25) is 0 Å². The topological polar surface area (TPSA) is 79.5 Å². The highest BCUT2D eigenvalue weighted by Crippen LogP contribution is 2.46. The number of nitrogen functional groups attached to an aromatic ring is 1. The summed E-state index contributed by atoms with van der Waals surface area (Å²) in [5.41, 5.74) is 6.05. The number of nitrogens with two attached hydrogens (primary N) is 1. The van der Waals surface area contributed by atoms with Crippen LogP contribution in [-0.2, 0) is 0 Å². The number of rotatable bonds is 2. The van der Waals surface area contributed by atoms with Crippen molar-refractivity contribution in [3.63, 3.8) is 0 Å². The second-order valence-electron chi connectivity index (χ2n) is 7.62. The van der Waals surface area contributed by atoms with Crippen molar-refractivity contribution in [2.45, 2.75) is 63.7 Å². The van der Waals surface area contributed by atoms with Gasteiger partial charge in [0.2, 0.25) is 0 Å². The van der Waals surface area contributed by atoms with Gasteiger partial charge in [-0.3, -0.25) is 4.98 Å². The van der Waals surface area contributed by atoms with Gasteiger partial charge < -0.3 is 15.7 Å². The number of amides is 1. The van der Waals surface area contributed by atoms with Crippen LogP contribution in [0, 0.1) is 5.92 Å². The van der Waals surface area contributed by atoms with Gasteiger partial charge in [0.25, 0.3) is 0 Å². The number of nitrogens with zero attached hydrogens (tertiary/aromatic N) is 2. The van der Waals surface area contributed by atoms with Crippen molar-refractivity contribution in [2.75, 3.05) is 5.73 Å². The number of anilines is 1. The standard InChI is InChI=1S/C17H24F3N3O2/c1-16(2,3)23(15(24)25)12-7-10(6-11(8-12)17(18,19)20)13-4-5-22-9-14(13)21/h4-5,9-12H,6-8,21H2,1-3H3,(H,24,25)/t10-,11+,12-/m1/s1. The van der Waals surface area contributed by atoms with Crippen LogP contribution in [0.25, 0.3) is 0 Å². The van der Waals surface area contributed by atoms with Crippen molar-refractivity contribution in [3.8, 4) is 0 Å². The number of hydrogen-bond donors (Lipinski definition) is 2. The summed E-state index contributed by atoms with van der Waals surface area (Å²) >= 11 is 0. The van der Waals surface area contributed by atoms with Crippen LogP contribution < -0.4 is 5.73 Å². The maximum atomic E-state index is 13.5. The third-order valence-electron chi connectivity index (χ3n) is 4.77. The number of hydrogen-bond acceptors (Lipinski definition) is 3. The molecule has 2 rings (SSSR count). The first kappa shape index (κ1) is 19.3. The molecule has 0 unspecified atom stereocenters. The lowest BCUT2D eigenvalue weighted by Gasteiger charge is -2.45. The molecule has 1 amide bonds. The maximum Gasteiger partial charge on any atom is 0.407 e. The molecule has 1 saturated carbocycles. The van der Waals surface area contributed by atoms with E-state index in [9.17, 15) is 23.1 Å². The smallest absolute Gasteiger partial charge is 0.407 e. The lowest BCUT2D eigenvalue weighted by Crippen LogP contribution is -2.54. The summed E-state index contributed by atoms with van der Waals surface area (Å²) in [5, 5.41) is 9.57. The molecule has 1 aromatic rings. The van der Waals surface area contributed by atoms with Gasteiger partial charge in [-0.1, -0.05) is 0 Å². The lowest BCUT2D eigenvalue weighted by atomic mass is 9.74. The average Bonchev–Trinajstić information content (AvgIpc) is 2.44. The second kappa shape index (κ2) is 6.72. The SMILES string of the molecule is CC(C)(C)N(C(=O)O)[C@@H]1C[C@H](c2ccncc2N)C[C@H](C(F)(F)F)C1. The summed E-state index contributed by atoms with van der Waals surface area (Å²) in [4.78, 5) is 16.7. The first-order chi connectivity index (χ1) is 11.4. The molecule has 1 fully saturated rings. The van der Waals surface area contributed by atoms with Gasteiger partial charge in [0, 0.05) is 17.8 Å². The minimum atomic E-state index is -4.37. The predicted octanol–water partition coefficient (Wildman–Crippen LogP) is 4.26. The number of halogens is 3. The fraction of sp³-hybridized carbons (Fsp3) is 0.647. The Morgan fingerprint density at radius 3 is 2.40 bits per heavy atom. The predicted molar refractivity (Wildman–Crippen MR) is 88.2 cm³/mol. The van der Waals surface area contributed by atoms with E-state index in [-0.39, 0.29) is 12.8 Å². The van der Waals surface area contributed by atoms with Crippen LogP contribution in [-0.4, -0.2) is 38.8 Å². The van der Waals surface area contributed by atoms with Gasteiger partial charge in [0.05, 0.1) is 17.8 Å². The van der Waals surface area contributed by atoms with Crippen molar-refractivity contribution in [3.05, 3.63) is 24.0 Å². The van der Waals surface area contributed by atoms with Crippen LogP contribution in [0.3, 0.4) is 0 Å². The molecule has 0 aromatic carbocycles. The van der Waals surface area contributed by atoms with E-state index < -0.39 is 35.7 Å². The van der Waals surface area contributed by atoms with E-state index in [2.05, 4.69) is 4.98 Å². The van der Waals surface area contributed by atoms with Crippen molar-refractivity contribution in [2.24, 2.45) is 5.92 Å². The number of carboxylic acid groups (broad SMARTS) is 1. The Kier molecular flexibility index (Phi) is 5.20. The van der Waals surface area contributed by atoms with Crippen molar-refractivity contribution in [1.82, 2.24) is 9.88 Å². The Morgan fingerprint density at radius 1 is 1.28 bits per heavy atom. The number of pyridine rings is 1. The van der Waals surface area contributed by atoms with Crippen LogP contribution in [0.5, 0.6) is 0 Å². The van der Waals surface area contributed by atoms with Crippen LogP contribution in [0.1, 0.15) is 51.5 Å². The zero-order valence-corrected chi connectivity index (χ0v) is 14.5. The Balaban J connectivity index is 2.40. The largest absolute Gasteiger partial charge is 0.465 e. The number of carbonyl (C=O) groups is 1. The minimum Gasteiger partial charge on any atom is -0.465 e. The van der Waals surface area contributed by atoms with Crippen LogP contribution in [0.4, 0.5) is 23.7 Å². The van der Waals surface area contributed by atoms with Crippen LogP contribution >= 0.6 is 0 Å². The molecule has 0 spiro atoms. The zero-order valence-electron chi connectivity index (χ0n) is 14.5. The molecule has 140 valence electrons. The van der Waals surface area contributed by atoms with Gasteiger partial charge in [0.1, 0.15) is 0 Å². The van der Waals surface area contributed by atoms with E-state index in [0.29, 0.717) is 17.7 Å². The summed E-state index contributed by atoms with van der Waals surface area (Å²) in [6.45, 7) is 5.07. The van der Waals surface area contributed by atoms with E-state index in [4.69, 9.17) is 5.73 Å². The molecule has 1 aromatic heterocycles. The first-order valence-corrected chi connectivity index (χ1v) is 8.19. The normalized spacial score (nSPS) is 24.8. The summed E-state index contributed by atoms with van der Waals surface area (Å²) in [5.74, 6) is -2.02. The summed E-state index contributed by atoms with van der Waals surface area (Å²) < 4.78 is 40.4. The Hall–Kier alpha value is -1.99. The zero-order chi connectivity index (χ0) is 19.0. The molecule has 8 heteroatoms. The van der Waals surface area contributed by atoms with E-state index in [1.54, 1.807) is 26.8 Å². The Bertz CT molecular complexity index is 628. The van der Waals surface area contributed by atoms with Gasteiger partial charge >= 0.3 is 12.3 Å². The highest BCUT2D eigenvalue weighted by molar-refractivity contribution is 5.66. The average molecular weight is 359 g/mol. The fourth-order valence-corrected chi connectivity index (χ4v) is 3.80. The molecule has 25 heavy (non-hydrogen) atoms.